The molecule has 1 saturated heterocycles. The van der Waals surface area contributed by atoms with Crippen LogP contribution in [0.5, 0.6) is 0 Å². The molecule has 0 radical (unpaired) electrons. The molecule has 0 aliphatic carbocycles. The van der Waals surface area contributed by atoms with Gasteiger partial charge in [0, 0.05) is 0 Å². The fourth-order valence-corrected chi connectivity index (χ4v) is 1.92. The van der Waals surface area contributed by atoms with Crippen molar-refractivity contribution in [3.8, 4) is 0 Å². The molecule has 118 valence electrons. The molecule has 1 rings (SSSR count). The fourth-order valence-electron chi connectivity index (χ4n) is 1.92. The van der Waals surface area contributed by atoms with Crippen molar-refractivity contribution in [2.45, 2.75) is 48.8 Å². The maximum absolute atomic E-state index is 10.8. The van der Waals surface area contributed by atoms with Gasteiger partial charge in [0.1, 0.15) is 42.7 Å². The van der Waals surface area contributed by atoms with E-state index in [2.05, 4.69) is 0 Å². The molecule has 8 N–H and O–H groups in total. The van der Waals surface area contributed by atoms with E-state index in [-0.39, 0.29) is 0 Å². The second kappa shape index (κ2) is 6.74. The van der Waals surface area contributed by atoms with Gasteiger partial charge in [-0.3, -0.25) is 0 Å². The fraction of sp³-hybridized carbons (Fsp3) is 0.900. The first kappa shape index (κ1) is 17.2. The summed E-state index contributed by atoms with van der Waals surface area (Å²) >= 11 is 0. The normalized spacial score (nSPS) is 39.0. The highest BCUT2D eigenvalue weighted by Gasteiger charge is 2.50. The topological polar surface area (TPSA) is 188 Å². The van der Waals surface area contributed by atoms with E-state index < -0.39 is 61.4 Å². The summed E-state index contributed by atoms with van der Waals surface area (Å²) in [5.41, 5.74) is 0. The highest BCUT2D eigenvalue weighted by atomic mass is 16.6. The van der Waals surface area contributed by atoms with Gasteiger partial charge < -0.3 is 45.6 Å². The van der Waals surface area contributed by atoms with Crippen LogP contribution in [0.2, 0.25) is 0 Å². The molecule has 0 aromatic heterocycles. The van der Waals surface area contributed by atoms with Gasteiger partial charge >= 0.3 is 5.97 Å². The summed E-state index contributed by atoms with van der Waals surface area (Å²) in [6.45, 7) is -0.894. The lowest BCUT2D eigenvalue weighted by Crippen LogP contribution is -2.64. The van der Waals surface area contributed by atoms with Gasteiger partial charge in [-0.25, -0.2) is 4.79 Å². The molecule has 0 bridgehead atoms. The molecule has 1 aliphatic rings. The van der Waals surface area contributed by atoms with E-state index in [1.807, 2.05) is 0 Å². The van der Waals surface area contributed by atoms with E-state index in [1.54, 1.807) is 0 Å². The van der Waals surface area contributed by atoms with Crippen molar-refractivity contribution in [3.05, 3.63) is 0 Å². The van der Waals surface area contributed by atoms with E-state index in [9.17, 15) is 35.4 Å². The van der Waals surface area contributed by atoms with E-state index in [0.717, 1.165) is 0 Å². The van der Waals surface area contributed by atoms with Crippen LogP contribution in [0.15, 0.2) is 0 Å². The zero-order valence-electron chi connectivity index (χ0n) is 10.2. The molecule has 1 fully saturated rings. The molecular formula is C10H18O10. The smallest absolute Gasteiger partial charge is 0.335 e. The van der Waals surface area contributed by atoms with Crippen LogP contribution >= 0.6 is 0 Å². The Balaban J connectivity index is 2.90. The number of hydrogen-bond acceptors (Lipinski definition) is 9. The van der Waals surface area contributed by atoms with Crippen LogP contribution in [-0.4, -0.2) is 102 Å². The van der Waals surface area contributed by atoms with E-state index in [1.165, 1.54) is 0 Å². The monoisotopic (exact) mass is 298 g/mol. The number of carbonyl (C=O) groups is 1. The lowest BCUT2D eigenvalue weighted by atomic mass is 9.89. The van der Waals surface area contributed by atoms with Gasteiger partial charge in [0.15, 0.2) is 6.10 Å². The number of aliphatic hydroxyl groups is 7. The number of carboxylic acids is 1. The summed E-state index contributed by atoms with van der Waals surface area (Å²) in [6.07, 6.45) is -15.1. The van der Waals surface area contributed by atoms with Crippen LogP contribution in [0.25, 0.3) is 0 Å². The van der Waals surface area contributed by atoms with Crippen molar-refractivity contribution in [1.29, 1.82) is 0 Å². The van der Waals surface area contributed by atoms with Crippen molar-refractivity contribution in [1.82, 2.24) is 0 Å². The van der Waals surface area contributed by atoms with Crippen LogP contribution < -0.4 is 0 Å². The molecular weight excluding hydrogens is 280 g/mol. The highest BCUT2D eigenvalue weighted by molar-refractivity contribution is 5.73. The lowest BCUT2D eigenvalue weighted by molar-refractivity contribution is -0.257. The molecule has 1 unspecified atom stereocenters. The molecule has 0 amide bonds. The quantitative estimate of drug-likeness (QED) is 0.244. The van der Waals surface area contributed by atoms with Crippen molar-refractivity contribution in [2.75, 3.05) is 6.61 Å². The van der Waals surface area contributed by atoms with Gasteiger partial charge in [0.05, 0.1) is 6.61 Å². The Morgan fingerprint density at radius 2 is 1.60 bits per heavy atom. The number of carboxylic acid groups (broad SMARTS) is 1. The second-order valence-corrected chi connectivity index (χ2v) is 4.56. The summed E-state index contributed by atoms with van der Waals surface area (Å²) in [5, 5.41) is 74.4. The third-order valence-corrected chi connectivity index (χ3v) is 3.16. The predicted octanol–water partition coefficient (Wildman–Crippen LogP) is -5.00. The van der Waals surface area contributed by atoms with Gasteiger partial charge in [-0.05, 0) is 0 Å². The average molecular weight is 298 g/mol. The molecule has 0 saturated carbocycles. The van der Waals surface area contributed by atoms with Crippen molar-refractivity contribution < 1.29 is 50.4 Å². The average Bonchev–Trinajstić information content (AvgIpc) is 2.42. The van der Waals surface area contributed by atoms with Crippen LogP contribution in [0.4, 0.5) is 0 Å². The van der Waals surface area contributed by atoms with Gasteiger partial charge in [0.25, 0.3) is 0 Å². The number of ether oxygens (including phenoxy) is 1. The van der Waals surface area contributed by atoms with Gasteiger partial charge in [-0.2, -0.15) is 0 Å². The van der Waals surface area contributed by atoms with Crippen LogP contribution in [-0.2, 0) is 9.53 Å². The Bertz CT molecular complexity index is 336. The third-order valence-electron chi connectivity index (χ3n) is 3.16. The Kier molecular flexibility index (Phi) is 5.79. The Morgan fingerprint density at radius 3 is 2.05 bits per heavy atom. The van der Waals surface area contributed by atoms with Crippen LogP contribution in [0, 0.1) is 0 Å². The maximum Gasteiger partial charge on any atom is 0.335 e. The van der Waals surface area contributed by atoms with Gasteiger partial charge in [-0.1, -0.05) is 0 Å². The lowest BCUT2D eigenvalue weighted by Gasteiger charge is -2.42. The van der Waals surface area contributed by atoms with Crippen LogP contribution in [0.3, 0.4) is 0 Å². The van der Waals surface area contributed by atoms with Gasteiger partial charge in [0.2, 0.25) is 0 Å². The molecule has 8 atom stereocenters. The number of hydrogen-bond donors (Lipinski definition) is 8. The van der Waals surface area contributed by atoms with Crippen molar-refractivity contribution in [2.24, 2.45) is 0 Å². The highest BCUT2D eigenvalue weighted by Crippen LogP contribution is 2.25. The minimum atomic E-state index is -1.99. The van der Waals surface area contributed by atoms with Gasteiger partial charge in [-0.15, -0.1) is 0 Å². The standard InChI is InChI=1S/C10H18O10/c11-1-2(12)3(13)5(15)8-6(16)4(14)7(17)9(20-8)10(18)19/h2-9,11-17H,1H2,(H,18,19)/t2-,3-,4+,5-,6-,7-,8-,9?/m1/s1. The Morgan fingerprint density at radius 1 is 1.05 bits per heavy atom. The Labute approximate surface area is 113 Å². The Hall–Kier alpha value is -0.850. The second-order valence-electron chi connectivity index (χ2n) is 4.56. The number of aliphatic hydroxyl groups excluding tert-OH is 7. The summed E-state index contributed by atoms with van der Waals surface area (Å²) in [4.78, 5) is 10.8. The molecule has 10 heteroatoms. The minimum Gasteiger partial charge on any atom is -0.479 e. The zero-order chi connectivity index (χ0) is 15.6. The number of rotatable bonds is 5. The molecule has 0 aromatic rings. The van der Waals surface area contributed by atoms with E-state index in [0.29, 0.717) is 0 Å². The third kappa shape index (κ3) is 3.24. The largest absolute Gasteiger partial charge is 0.479 e. The predicted molar refractivity (Wildman–Crippen MR) is 59.4 cm³/mol. The molecule has 1 aliphatic heterocycles. The van der Waals surface area contributed by atoms with E-state index >= 15 is 0 Å². The minimum absolute atomic E-state index is 0.894. The summed E-state index contributed by atoms with van der Waals surface area (Å²) in [7, 11) is 0. The van der Waals surface area contributed by atoms with E-state index in [4.69, 9.17) is 14.9 Å². The molecule has 0 spiro atoms. The molecule has 20 heavy (non-hydrogen) atoms. The first-order valence-electron chi connectivity index (χ1n) is 5.79. The summed E-state index contributed by atoms with van der Waals surface area (Å²) in [6, 6.07) is 0. The SMILES string of the molecule is O=C(O)C1O[C@H]([C@H](O)[C@H](O)[C@H](O)CO)[C@H](O)[C@H](O)[C@H]1O. The van der Waals surface area contributed by atoms with Crippen molar-refractivity contribution in [3.63, 3.8) is 0 Å². The number of aliphatic carboxylic acids is 1. The molecule has 0 aromatic carbocycles. The first-order chi connectivity index (χ1) is 9.22. The molecule has 1 heterocycles. The molecule has 10 nitrogen and oxygen atoms in total. The first-order valence-corrected chi connectivity index (χ1v) is 5.79. The van der Waals surface area contributed by atoms with Crippen molar-refractivity contribution >= 4 is 5.97 Å². The maximum atomic E-state index is 10.8. The summed E-state index contributed by atoms with van der Waals surface area (Å²) in [5.74, 6) is -1.64. The van der Waals surface area contributed by atoms with Crippen LogP contribution in [0.1, 0.15) is 0 Å². The summed E-state index contributed by atoms with van der Waals surface area (Å²) < 4.78 is 4.76. The zero-order valence-corrected chi connectivity index (χ0v) is 10.2.